The summed E-state index contributed by atoms with van der Waals surface area (Å²) >= 11 is 0. The van der Waals surface area contributed by atoms with Gasteiger partial charge < -0.3 is 19.7 Å². The number of rotatable bonds is 7. The van der Waals surface area contributed by atoms with Gasteiger partial charge in [0.2, 0.25) is 0 Å². The Morgan fingerprint density at radius 1 is 0.727 bits per heavy atom. The first-order valence-corrected chi connectivity index (χ1v) is 10.4. The highest BCUT2D eigenvalue weighted by molar-refractivity contribution is 6.46. The lowest BCUT2D eigenvalue weighted by atomic mass is 10.0. The predicted molar refractivity (Wildman–Crippen MR) is 130 cm³/mol. The van der Waals surface area contributed by atoms with Crippen LogP contribution < -0.4 is 24.6 Å². The predicted octanol–water partition coefficient (Wildman–Crippen LogP) is 4.17. The first kappa shape index (κ1) is 22.0. The Bertz CT molecular complexity index is 1200. The molecule has 0 bridgehead atoms. The van der Waals surface area contributed by atoms with Gasteiger partial charge in [-0.25, -0.2) is 4.90 Å². The minimum atomic E-state index is -0.417. The maximum absolute atomic E-state index is 13.5. The zero-order valence-electron chi connectivity index (χ0n) is 19.0. The molecule has 3 aromatic carbocycles. The third-order valence-corrected chi connectivity index (χ3v) is 5.45. The first-order valence-electron chi connectivity index (χ1n) is 10.4. The van der Waals surface area contributed by atoms with Crippen LogP contribution in [0.5, 0.6) is 11.5 Å². The molecule has 0 saturated heterocycles. The molecule has 33 heavy (non-hydrogen) atoms. The number of carbonyl (C=O) groups is 2. The molecule has 2 amide bonds. The van der Waals surface area contributed by atoms with Crippen molar-refractivity contribution < 1.29 is 19.1 Å². The van der Waals surface area contributed by atoms with Crippen LogP contribution in [0.25, 0.3) is 5.57 Å². The maximum Gasteiger partial charge on any atom is 0.282 e. The van der Waals surface area contributed by atoms with Crippen LogP contribution in [0.1, 0.15) is 5.56 Å². The van der Waals surface area contributed by atoms with Gasteiger partial charge in [-0.2, -0.15) is 0 Å². The van der Waals surface area contributed by atoms with Crippen LogP contribution in [0.2, 0.25) is 0 Å². The Labute approximate surface area is 192 Å². The Morgan fingerprint density at radius 2 is 1.27 bits per heavy atom. The second kappa shape index (κ2) is 9.08. The van der Waals surface area contributed by atoms with E-state index in [1.165, 1.54) is 4.90 Å². The van der Waals surface area contributed by atoms with Gasteiger partial charge in [-0.1, -0.05) is 12.1 Å². The molecular formula is C26H25N3O4. The standard InChI is InChI=1S/C26H25N3O4/c1-28(2)19-9-11-20(12-10-19)29-25(30)23(17-5-13-21(32-3)14-6-17)24(26(29)31)27-18-7-15-22(33-4)16-8-18/h5-16,27H,1-4H3. The number of benzene rings is 3. The maximum atomic E-state index is 13.5. The monoisotopic (exact) mass is 443 g/mol. The molecule has 0 radical (unpaired) electrons. The molecule has 0 saturated carbocycles. The van der Waals surface area contributed by atoms with Crippen LogP contribution in [0, 0.1) is 0 Å². The zero-order chi connectivity index (χ0) is 23.5. The largest absolute Gasteiger partial charge is 0.497 e. The number of anilines is 3. The molecule has 0 aliphatic carbocycles. The summed E-state index contributed by atoms with van der Waals surface area (Å²) in [7, 11) is 7.03. The molecule has 1 aliphatic rings. The molecule has 0 atom stereocenters. The summed E-state index contributed by atoms with van der Waals surface area (Å²) in [4.78, 5) is 30.2. The number of imide groups is 1. The number of carbonyl (C=O) groups excluding carboxylic acids is 2. The molecular weight excluding hydrogens is 418 g/mol. The third-order valence-electron chi connectivity index (χ3n) is 5.45. The van der Waals surface area contributed by atoms with E-state index in [-0.39, 0.29) is 5.70 Å². The lowest BCUT2D eigenvalue weighted by Crippen LogP contribution is -2.32. The number of hydrogen-bond acceptors (Lipinski definition) is 6. The molecule has 0 fully saturated rings. The third kappa shape index (κ3) is 4.25. The molecule has 1 N–H and O–H groups in total. The summed E-state index contributed by atoms with van der Waals surface area (Å²) in [6, 6.07) is 21.5. The summed E-state index contributed by atoms with van der Waals surface area (Å²) in [5, 5.41) is 3.15. The fraction of sp³-hybridized carbons (Fsp3) is 0.154. The number of ether oxygens (including phenoxy) is 2. The van der Waals surface area contributed by atoms with E-state index in [0.717, 1.165) is 5.69 Å². The van der Waals surface area contributed by atoms with Crippen molar-refractivity contribution in [2.75, 3.05) is 43.4 Å². The second-order valence-electron chi connectivity index (χ2n) is 7.69. The van der Waals surface area contributed by atoms with Crippen molar-refractivity contribution in [3.05, 3.63) is 84.1 Å². The van der Waals surface area contributed by atoms with Crippen molar-refractivity contribution in [2.45, 2.75) is 0 Å². The van der Waals surface area contributed by atoms with Crippen molar-refractivity contribution in [1.29, 1.82) is 0 Å². The van der Waals surface area contributed by atoms with Gasteiger partial charge >= 0.3 is 0 Å². The Morgan fingerprint density at radius 3 is 1.79 bits per heavy atom. The van der Waals surface area contributed by atoms with Crippen LogP contribution in [-0.4, -0.2) is 40.1 Å². The molecule has 7 heteroatoms. The van der Waals surface area contributed by atoms with Crippen LogP contribution in [-0.2, 0) is 9.59 Å². The average Bonchev–Trinajstić information content (AvgIpc) is 3.08. The molecule has 7 nitrogen and oxygen atoms in total. The quantitative estimate of drug-likeness (QED) is 0.553. The minimum Gasteiger partial charge on any atom is -0.497 e. The summed E-state index contributed by atoms with van der Waals surface area (Å²) in [5.74, 6) is 0.552. The number of methoxy groups -OCH3 is 2. The lowest BCUT2D eigenvalue weighted by Gasteiger charge is -2.18. The molecule has 3 aromatic rings. The summed E-state index contributed by atoms with van der Waals surface area (Å²) in [6.45, 7) is 0. The van der Waals surface area contributed by atoms with Crippen LogP contribution in [0.15, 0.2) is 78.5 Å². The summed E-state index contributed by atoms with van der Waals surface area (Å²) < 4.78 is 10.4. The molecule has 0 spiro atoms. The highest BCUT2D eigenvalue weighted by Crippen LogP contribution is 2.35. The van der Waals surface area contributed by atoms with E-state index in [1.807, 2.05) is 31.1 Å². The Balaban J connectivity index is 1.76. The molecule has 168 valence electrons. The van der Waals surface area contributed by atoms with E-state index in [4.69, 9.17) is 9.47 Å². The van der Waals surface area contributed by atoms with Crippen molar-refractivity contribution in [3.8, 4) is 11.5 Å². The van der Waals surface area contributed by atoms with Gasteiger partial charge in [-0.05, 0) is 66.2 Å². The Kier molecular flexibility index (Phi) is 6.04. The topological polar surface area (TPSA) is 71.1 Å². The van der Waals surface area contributed by atoms with E-state index in [1.54, 1.807) is 74.9 Å². The van der Waals surface area contributed by atoms with Gasteiger partial charge in [-0.3, -0.25) is 9.59 Å². The number of amides is 2. The number of nitrogens with one attached hydrogen (secondary N) is 1. The van der Waals surface area contributed by atoms with Gasteiger partial charge in [0.05, 0.1) is 25.5 Å². The van der Waals surface area contributed by atoms with E-state index in [0.29, 0.717) is 34.0 Å². The first-order chi connectivity index (χ1) is 15.9. The smallest absolute Gasteiger partial charge is 0.282 e. The average molecular weight is 444 g/mol. The van der Waals surface area contributed by atoms with Crippen molar-refractivity contribution in [1.82, 2.24) is 0 Å². The van der Waals surface area contributed by atoms with Gasteiger partial charge in [-0.15, -0.1) is 0 Å². The molecule has 0 aromatic heterocycles. The van der Waals surface area contributed by atoms with Crippen LogP contribution >= 0.6 is 0 Å². The molecule has 1 aliphatic heterocycles. The van der Waals surface area contributed by atoms with Gasteiger partial charge in [0.25, 0.3) is 11.8 Å². The fourth-order valence-electron chi connectivity index (χ4n) is 3.62. The van der Waals surface area contributed by atoms with E-state index >= 15 is 0 Å². The van der Waals surface area contributed by atoms with Gasteiger partial charge in [0, 0.05) is 25.5 Å². The lowest BCUT2D eigenvalue weighted by molar-refractivity contribution is -0.120. The Hall–Kier alpha value is -4.26. The fourth-order valence-corrected chi connectivity index (χ4v) is 3.62. The number of nitrogens with zero attached hydrogens (tertiary/aromatic N) is 2. The van der Waals surface area contributed by atoms with Crippen molar-refractivity contribution in [3.63, 3.8) is 0 Å². The van der Waals surface area contributed by atoms with Crippen LogP contribution in [0.4, 0.5) is 17.1 Å². The highest BCUT2D eigenvalue weighted by atomic mass is 16.5. The normalized spacial score (nSPS) is 13.4. The highest BCUT2D eigenvalue weighted by Gasteiger charge is 2.40. The molecule has 1 heterocycles. The van der Waals surface area contributed by atoms with E-state index in [9.17, 15) is 9.59 Å². The minimum absolute atomic E-state index is 0.215. The molecule has 4 rings (SSSR count). The SMILES string of the molecule is COc1ccc(NC2=C(c3ccc(OC)cc3)C(=O)N(c3ccc(N(C)C)cc3)C2=O)cc1. The number of hydrogen-bond donors (Lipinski definition) is 1. The van der Waals surface area contributed by atoms with Crippen LogP contribution in [0.3, 0.4) is 0 Å². The van der Waals surface area contributed by atoms with E-state index < -0.39 is 11.8 Å². The summed E-state index contributed by atoms with van der Waals surface area (Å²) in [6.07, 6.45) is 0. The summed E-state index contributed by atoms with van der Waals surface area (Å²) in [5.41, 5.74) is 3.29. The van der Waals surface area contributed by atoms with Crippen molar-refractivity contribution in [2.24, 2.45) is 0 Å². The van der Waals surface area contributed by atoms with Gasteiger partial charge in [0.15, 0.2) is 0 Å². The molecule has 0 unspecified atom stereocenters. The van der Waals surface area contributed by atoms with Crippen molar-refractivity contribution >= 4 is 34.4 Å². The zero-order valence-corrected chi connectivity index (χ0v) is 19.0. The van der Waals surface area contributed by atoms with Gasteiger partial charge in [0.1, 0.15) is 17.2 Å². The second-order valence-corrected chi connectivity index (χ2v) is 7.69. The van der Waals surface area contributed by atoms with E-state index in [2.05, 4.69) is 5.32 Å².